The van der Waals surface area contributed by atoms with Gasteiger partial charge in [-0.15, -0.1) is 0 Å². The molecule has 1 rings (SSSR count). The SMILES string of the molecule is CCCC(=O)CN(C)Cc1ccc(C)cc1. The van der Waals surface area contributed by atoms with Crippen LogP contribution in [0.1, 0.15) is 30.9 Å². The predicted molar refractivity (Wildman–Crippen MR) is 67.4 cm³/mol. The van der Waals surface area contributed by atoms with Gasteiger partial charge in [0, 0.05) is 13.0 Å². The molecule has 0 saturated heterocycles. The van der Waals surface area contributed by atoms with E-state index in [-0.39, 0.29) is 0 Å². The van der Waals surface area contributed by atoms with Gasteiger partial charge in [0.25, 0.3) is 0 Å². The fourth-order valence-electron chi connectivity index (χ4n) is 1.72. The molecule has 88 valence electrons. The summed E-state index contributed by atoms with van der Waals surface area (Å²) < 4.78 is 0. The van der Waals surface area contributed by atoms with Crippen molar-refractivity contribution >= 4 is 5.78 Å². The minimum Gasteiger partial charge on any atom is -0.298 e. The van der Waals surface area contributed by atoms with E-state index in [9.17, 15) is 4.79 Å². The van der Waals surface area contributed by atoms with E-state index in [1.807, 2.05) is 14.0 Å². The highest BCUT2D eigenvalue weighted by Crippen LogP contribution is 2.06. The highest BCUT2D eigenvalue weighted by molar-refractivity contribution is 5.80. The van der Waals surface area contributed by atoms with Crippen LogP contribution in [0.2, 0.25) is 0 Å². The summed E-state index contributed by atoms with van der Waals surface area (Å²) in [6.45, 7) is 5.52. The van der Waals surface area contributed by atoms with Crippen molar-refractivity contribution < 1.29 is 4.79 Å². The summed E-state index contributed by atoms with van der Waals surface area (Å²) in [5.74, 6) is 0.331. The van der Waals surface area contributed by atoms with Crippen molar-refractivity contribution in [1.82, 2.24) is 4.90 Å². The van der Waals surface area contributed by atoms with Crippen molar-refractivity contribution in [2.75, 3.05) is 13.6 Å². The quantitative estimate of drug-likeness (QED) is 0.733. The van der Waals surface area contributed by atoms with Crippen molar-refractivity contribution in [2.45, 2.75) is 33.2 Å². The highest BCUT2D eigenvalue weighted by atomic mass is 16.1. The summed E-state index contributed by atoms with van der Waals surface area (Å²) in [6, 6.07) is 8.46. The smallest absolute Gasteiger partial charge is 0.146 e. The lowest BCUT2D eigenvalue weighted by Gasteiger charge is -2.15. The van der Waals surface area contributed by atoms with Gasteiger partial charge in [0.1, 0.15) is 5.78 Å². The molecule has 1 aromatic rings. The molecular weight excluding hydrogens is 198 g/mol. The monoisotopic (exact) mass is 219 g/mol. The highest BCUT2D eigenvalue weighted by Gasteiger charge is 2.05. The zero-order chi connectivity index (χ0) is 12.0. The van der Waals surface area contributed by atoms with E-state index in [0.29, 0.717) is 18.7 Å². The molecule has 2 nitrogen and oxygen atoms in total. The topological polar surface area (TPSA) is 20.3 Å². The van der Waals surface area contributed by atoms with Gasteiger partial charge in [0.2, 0.25) is 0 Å². The zero-order valence-corrected chi connectivity index (χ0v) is 10.5. The first-order valence-corrected chi connectivity index (χ1v) is 5.87. The maximum atomic E-state index is 11.5. The van der Waals surface area contributed by atoms with Crippen LogP contribution in [0.4, 0.5) is 0 Å². The second kappa shape index (κ2) is 6.44. The fraction of sp³-hybridized carbons (Fsp3) is 0.500. The van der Waals surface area contributed by atoms with Crippen molar-refractivity contribution in [2.24, 2.45) is 0 Å². The van der Waals surface area contributed by atoms with Gasteiger partial charge in [0.05, 0.1) is 6.54 Å². The van der Waals surface area contributed by atoms with E-state index in [4.69, 9.17) is 0 Å². The van der Waals surface area contributed by atoms with E-state index in [2.05, 4.69) is 36.1 Å². The lowest BCUT2D eigenvalue weighted by Crippen LogP contribution is -2.25. The molecule has 16 heavy (non-hydrogen) atoms. The summed E-state index contributed by atoms with van der Waals surface area (Å²) in [7, 11) is 1.99. The molecule has 0 radical (unpaired) electrons. The number of nitrogens with zero attached hydrogens (tertiary/aromatic N) is 1. The van der Waals surface area contributed by atoms with Crippen LogP contribution in [0, 0.1) is 6.92 Å². The van der Waals surface area contributed by atoms with Crippen molar-refractivity contribution in [3.63, 3.8) is 0 Å². The fourth-order valence-corrected chi connectivity index (χ4v) is 1.72. The number of ketones is 1. The molecule has 0 aliphatic carbocycles. The Hall–Kier alpha value is -1.15. The van der Waals surface area contributed by atoms with Crippen molar-refractivity contribution in [1.29, 1.82) is 0 Å². The van der Waals surface area contributed by atoms with Gasteiger partial charge in [-0.05, 0) is 26.0 Å². The number of hydrogen-bond acceptors (Lipinski definition) is 2. The van der Waals surface area contributed by atoms with Gasteiger partial charge in [-0.3, -0.25) is 9.69 Å². The molecule has 0 unspecified atom stereocenters. The third kappa shape index (κ3) is 4.58. The average Bonchev–Trinajstić information content (AvgIpc) is 2.21. The number of likely N-dealkylation sites (N-methyl/N-ethyl adjacent to an activating group) is 1. The molecule has 1 aromatic carbocycles. The number of aryl methyl sites for hydroxylation is 1. The van der Waals surface area contributed by atoms with Gasteiger partial charge in [-0.1, -0.05) is 36.8 Å². The lowest BCUT2D eigenvalue weighted by molar-refractivity contribution is -0.120. The Bertz CT molecular complexity index is 329. The molecule has 0 saturated carbocycles. The van der Waals surface area contributed by atoms with Crippen LogP contribution in [-0.2, 0) is 11.3 Å². The summed E-state index contributed by atoms with van der Waals surface area (Å²) in [5, 5.41) is 0. The van der Waals surface area contributed by atoms with Crippen LogP contribution in [0.3, 0.4) is 0 Å². The first-order valence-electron chi connectivity index (χ1n) is 5.87. The van der Waals surface area contributed by atoms with Crippen LogP contribution < -0.4 is 0 Å². The zero-order valence-electron chi connectivity index (χ0n) is 10.5. The van der Waals surface area contributed by atoms with Crippen molar-refractivity contribution in [3.05, 3.63) is 35.4 Å². The summed E-state index contributed by atoms with van der Waals surface area (Å²) in [6.07, 6.45) is 1.63. The molecule has 0 fully saturated rings. The van der Waals surface area contributed by atoms with E-state index >= 15 is 0 Å². The molecular formula is C14H21NO. The molecule has 0 spiro atoms. The number of carbonyl (C=O) groups is 1. The molecule has 0 aromatic heterocycles. The number of rotatable bonds is 6. The van der Waals surface area contributed by atoms with Gasteiger partial charge >= 0.3 is 0 Å². The molecule has 2 heteroatoms. The molecule has 0 atom stereocenters. The number of hydrogen-bond donors (Lipinski definition) is 0. The third-order valence-corrected chi connectivity index (χ3v) is 2.55. The second-order valence-electron chi connectivity index (χ2n) is 4.45. The Kier molecular flexibility index (Phi) is 5.20. The van der Waals surface area contributed by atoms with Gasteiger partial charge in [0.15, 0.2) is 0 Å². The minimum atomic E-state index is 0.331. The summed E-state index contributed by atoms with van der Waals surface area (Å²) in [4.78, 5) is 13.5. The second-order valence-corrected chi connectivity index (χ2v) is 4.45. The first kappa shape index (κ1) is 12.9. The van der Waals surface area contributed by atoms with Crippen LogP contribution in [-0.4, -0.2) is 24.3 Å². The maximum absolute atomic E-state index is 11.5. The molecule has 0 aliphatic rings. The average molecular weight is 219 g/mol. The Morgan fingerprint density at radius 2 is 1.88 bits per heavy atom. The standard InChI is InChI=1S/C14H21NO/c1-4-5-14(16)11-15(3)10-13-8-6-12(2)7-9-13/h6-9H,4-5,10-11H2,1-3H3. The molecule has 0 bridgehead atoms. The van der Waals surface area contributed by atoms with E-state index < -0.39 is 0 Å². The molecule has 0 N–H and O–H groups in total. The maximum Gasteiger partial charge on any atom is 0.146 e. The number of carbonyl (C=O) groups excluding carboxylic acids is 1. The van der Waals surface area contributed by atoms with Crippen LogP contribution in [0.5, 0.6) is 0 Å². The number of benzene rings is 1. The lowest BCUT2D eigenvalue weighted by atomic mass is 10.1. The Morgan fingerprint density at radius 1 is 1.25 bits per heavy atom. The van der Waals surface area contributed by atoms with Crippen LogP contribution in [0.15, 0.2) is 24.3 Å². The largest absolute Gasteiger partial charge is 0.298 e. The molecule has 0 aliphatic heterocycles. The van der Waals surface area contributed by atoms with Crippen LogP contribution >= 0.6 is 0 Å². The normalized spacial score (nSPS) is 10.8. The Balaban J connectivity index is 2.42. The number of Topliss-reactive ketones (excluding diaryl/α,β-unsaturated/α-hetero) is 1. The van der Waals surface area contributed by atoms with E-state index in [1.165, 1.54) is 11.1 Å². The van der Waals surface area contributed by atoms with Gasteiger partial charge in [-0.2, -0.15) is 0 Å². The third-order valence-electron chi connectivity index (χ3n) is 2.55. The Morgan fingerprint density at radius 3 is 2.44 bits per heavy atom. The summed E-state index contributed by atoms with van der Waals surface area (Å²) >= 11 is 0. The predicted octanol–water partition coefficient (Wildman–Crippen LogP) is 2.80. The van der Waals surface area contributed by atoms with Gasteiger partial charge < -0.3 is 0 Å². The van der Waals surface area contributed by atoms with Crippen molar-refractivity contribution in [3.8, 4) is 0 Å². The van der Waals surface area contributed by atoms with Gasteiger partial charge in [-0.25, -0.2) is 0 Å². The molecule has 0 heterocycles. The molecule has 0 amide bonds. The Labute approximate surface area is 98.3 Å². The summed E-state index contributed by atoms with van der Waals surface area (Å²) in [5.41, 5.74) is 2.53. The van der Waals surface area contributed by atoms with E-state index in [0.717, 1.165) is 13.0 Å². The van der Waals surface area contributed by atoms with Crippen LogP contribution in [0.25, 0.3) is 0 Å². The first-order chi connectivity index (χ1) is 7.61. The van der Waals surface area contributed by atoms with E-state index in [1.54, 1.807) is 0 Å². The minimum absolute atomic E-state index is 0.331.